The number of amides is 2. The van der Waals surface area contributed by atoms with Gasteiger partial charge in [-0.2, -0.15) is 5.26 Å². The van der Waals surface area contributed by atoms with E-state index in [-0.39, 0.29) is 37.4 Å². The van der Waals surface area contributed by atoms with Crippen molar-refractivity contribution < 1.29 is 9.59 Å². The average Bonchev–Trinajstić information content (AvgIpc) is 2.45. The number of imide groups is 1. The second-order valence-electron chi connectivity index (χ2n) is 5.55. The maximum absolute atomic E-state index is 12.1. The Bertz CT molecular complexity index is 600. The van der Waals surface area contributed by atoms with Crippen molar-refractivity contribution in [3.05, 3.63) is 29.3 Å². The number of aryl methyl sites for hydroxylation is 2. The quantitative estimate of drug-likeness (QED) is 0.792. The standard InChI is InChI=1S/C16H19N3O2/c1-11(7-17)8-19-15(20)9-18(10-16(19)21)14-5-4-12(2)13(3)6-14/h4-6,11H,8-10H2,1-3H3. The summed E-state index contributed by atoms with van der Waals surface area (Å²) < 4.78 is 0. The van der Waals surface area contributed by atoms with Gasteiger partial charge in [-0.15, -0.1) is 0 Å². The minimum Gasteiger partial charge on any atom is -0.353 e. The molecule has 1 unspecified atom stereocenters. The van der Waals surface area contributed by atoms with Crippen LogP contribution in [0.3, 0.4) is 0 Å². The monoisotopic (exact) mass is 285 g/mol. The third-order valence-corrected chi connectivity index (χ3v) is 3.79. The van der Waals surface area contributed by atoms with E-state index in [2.05, 4.69) is 6.07 Å². The average molecular weight is 285 g/mol. The maximum atomic E-state index is 12.1. The zero-order valence-corrected chi connectivity index (χ0v) is 12.6. The molecular formula is C16H19N3O2. The molecule has 1 heterocycles. The number of piperazine rings is 1. The van der Waals surface area contributed by atoms with E-state index in [1.165, 1.54) is 10.5 Å². The minimum atomic E-state index is -0.342. The molecule has 110 valence electrons. The van der Waals surface area contributed by atoms with Gasteiger partial charge in [-0.1, -0.05) is 6.07 Å². The van der Waals surface area contributed by atoms with Crippen LogP contribution in [0.4, 0.5) is 5.69 Å². The second-order valence-corrected chi connectivity index (χ2v) is 5.55. The van der Waals surface area contributed by atoms with E-state index in [4.69, 9.17) is 5.26 Å². The Morgan fingerprint density at radius 2 is 1.81 bits per heavy atom. The van der Waals surface area contributed by atoms with Gasteiger partial charge in [0.05, 0.1) is 25.1 Å². The van der Waals surface area contributed by atoms with Gasteiger partial charge in [0.25, 0.3) is 0 Å². The van der Waals surface area contributed by atoms with Gasteiger partial charge < -0.3 is 4.90 Å². The van der Waals surface area contributed by atoms with Gasteiger partial charge in [0.1, 0.15) is 0 Å². The smallest absolute Gasteiger partial charge is 0.248 e. The lowest BCUT2D eigenvalue weighted by Crippen LogP contribution is -2.55. The van der Waals surface area contributed by atoms with Crippen molar-refractivity contribution in [1.29, 1.82) is 5.26 Å². The number of nitrogens with zero attached hydrogens (tertiary/aromatic N) is 3. The first-order valence-electron chi connectivity index (χ1n) is 6.97. The number of nitriles is 1. The predicted molar refractivity (Wildman–Crippen MR) is 79.6 cm³/mol. The highest BCUT2D eigenvalue weighted by Gasteiger charge is 2.31. The number of hydrogen-bond acceptors (Lipinski definition) is 4. The van der Waals surface area contributed by atoms with Crippen molar-refractivity contribution >= 4 is 17.5 Å². The van der Waals surface area contributed by atoms with Gasteiger partial charge >= 0.3 is 0 Å². The first-order chi connectivity index (χ1) is 9.92. The molecule has 1 fully saturated rings. The summed E-state index contributed by atoms with van der Waals surface area (Å²) in [5.74, 6) is -0.829. The molecule has 0 saturated carbocycles. The molecule has 21 heavy (non-hydrogen) atoms. The molecule has 1 aromatic carbocycles. The summed E-state index contributed by atoms with van der Waals surface area (Å²) in [6, 6.07) is 7.96. The minimum absolute atomic E-state index is 0.173. The normalized spacial score (nSPS) is 16.9. The van der Waals surface area contributed by atoms with Crippen LogP contribution in [0, 0.1) is 31.1 Å². The summed E-state index contributed by atoms with van der Waals surface area (Å²) in [6.45, 7) is 6.26. The highest BCUT2D eigenvalue weighted by atomic mass is 16.2. The van der Waals surface area contributed by atoms with Gasteiger partial charge in [0.2, 0.25) is 11.8 Å². The Morgan fingerprint density at radius 3 is 2.33 bits per heavy atom. The fourth-order valence-electron chi connectivity index (χ4n) is 2.32. The Kier molecular flexibility index (Phi) is 4.27. The molecule has 1 aliphatic heterocycles. The molecule has 1 aliphatic rings. The number of carbonyl (C=O) groups excluding carboxylic acids is 2. The highest BCUT2D eigenvalue weighted by Crippen LogP contribution is 2.21. The van der Waals surface area contributed by atoms with Crippen LogP contribution < -0.4 is 4.90 Å². The van der Waals surface area contributed by atoms with Gasteiger partial charge in [0, 0.05) is 12.2 Å². The van der Waals surface area contributed by atoms with Crippen molar-refractivity contribution in [3.8, 4) is 6.07 Å². The third kappa shape index (κ3) is 3.22. The number of hydrogen-bond donors (Lipinski definition) is 0. The van der Waals surface area contributed by atoms with Gasteiger partial charge in [-0.3, -0.25) is 14.5 Å². The van der Waals surface area contributed by atoms with Crippen molar-refractivity contribution in [2.45, 2.75) is 20.8 Å². The largest absolute Gasteiger partial charge is 0.353 e. The predicted octanol–water partition coefficient (Wildman–Crippen LogP) is 1.64. The topological polar surface area (TPSA) is 64.4 Å². The summed E-state index contributed by atoms with van der Waals surface area (Å²) in [5, 5.41) is 8.81. The Balaban J connectivity index is 2.14. The third-order valence-electron chi connectivity index (χ3n) is 3.79. The summed E-state index contributed by atoms with van der Waals surface area (Å²) in [6.07, 6.45) is 0. The van der Waals surface area contributed by atoms with E-state index in [0.717, 1.165) is 11.3 Å². The van der Waals surface area contributed by atoms with Crippen LogP contribution in [0.1, 0.15) is 18.1 Å². The molecule has 0 spiro atoms. The molecule has 2 rings (SSSR count). The molecular weight excluding hydrogens is 266 g/mol. The van der Waals surface area contributed by atoms with Crippen LogP contribution >= 0.6 is 0 Å². The fraction of sp³-hybridized carbons (Fsp3) is 0.438. The molecule has 0 aromatic heterocycles. The Labute approximate surface area is 124 Å². The highest BCUT2D eigenvalue weighted by molar-refractivity contribution is 6.02. The van der Waals surface area contributed by atoms with Crippen molar-refractivity contribution in [2.75, 3.05) is 24.5 Å². The van der Waals surface area contributed by atoms with Crippen LogP contribution in [0.25, 0.3) is 0 Å². The Hall–Kier alpha value is -2.35. The van der Waals surface area contributed by atoms with E-state index in [9.17, 15) is 9.59 Å². The summed E-state index contributed by atoms with van der Waals surface area (Å²) >= 11 is 0. The van der Waals surface area contributed by atoms with E-state index in [1.807, 2.05) is 32.0 Å². The fourth-order valence-corrected chi connectivity index (χ4v) is 2.32. The number of rotatable bonds is 3. The Morgan fingerprint density at radius 1 is 1.19 bits per heavy atom. The van der Waals surface area contributed by atoms with Crippen molar-refractivity contribution in [3.63, 3.8) is 0 Å². The van der Waals surface area contributed by atoms with E-state index >= 15 is 0 Å². The lowest BCUT2D eigenvalue weighted by Gasteiger charge is -2.34. The lowest BCUT2D eigenvalue weighted by molar-refractivity contribution is -0.145. The molecule has 5 nitrogen and oxygen atoms in total. The van der Waals surface area contributed by atoms with E-state index in [0.29, 0.717) is 0 Å². The molecule has 0 radical (unpaired) electrons. The molecule has 0 aliphatic carbocycles. The zero-order chi connectivity index (χ0) is 15.6. The number of carbonyl (C=O) groups is 2. The maximum Gasteiger partial charge on any atom is 0.248 e. The van der Waals surface area contributed by atoms with Gasteiger partial charge in [0.15, 0.2) is 0 Å². The van der Waals surface area contributed by atoms with Gasteiger partial charge in [-0.25, -0.2) is 0 Å². The SMILES string of the molecule is Cc1ccc(N2CC(=O)N(CC(C)C#N)C(=O)C2)cc1C. The summed E-state index contributed by atoms with van der Waals surface area (Å²) in [5.41, 5.74) is 3.19. The van der Waals surface area contributed by atoms with E-state index < -0.39 is 0 Å². The summed E-state index contributed by atoms with van der Waals surface area (Å²) in [4.78, 5) is 27.3. The first kappa shape index (κ1) is 15.0. The molecule has 1 atom stereocenters. The van der Waals surface area contributed by atoms with Crippen molar-refractivity contribution in [2.24, 2.45) is 5.92 Å². The lowest BCUT2D eigenvalue weighted by atomic mass is 10.1. The molecule has 1 saturated heterocycles. The van der Waals surface area contributed by atoms with Crippen molar-refractivity contribution in [1.82, 2.24) is 4.90 Å². The van der Waals surface area contributed by atoms with E-state index in [1.54, 1.807) is 11.8 Å². The number of benzene rings is 1. The molecule has 0 bridgehead atoms. The first-order valence-corrected chi connectivity index (χ1v) is 6.97. The van der Waals surface area contributed by atoms with Crippen LogP contribution in [0.2, 0.25) is 0 Å². The molecule has 2 amide bonds. The van der Waals surface area contributed by atoms with Crippen LogP contribution in [-0.4, -0.2) is 36.3 Å². The summed E-state index contributed by atoms with van der Waals surface area (Å²) in [7, 11) is 0. The number of anilines is 1. The molecule has 5 heteroatoms. The zero-order valence-electron chi connectivity index (χ0n) is 12.6. The molecule has 1 aromatic rings. The van der Waals surface area contributed by atoms with Gasteiger partial charge in [-0.05, 0) is 44.0 Å². The molecule has 0 N–H and O–H groups in total. The second kappa shape index (κ2) is 5.96. The van der Waals surface area contributed by atoms with Crippen LogP contribution in [-0.2, 0) is 9.59 Å². The van der Waals surface area contributed by atoms with Crippen LogP contribution in [0.5, 0.6) is 0 Å². The van der Waals surface area contributed by atoms with Crippen LogP contribution in [0.15, 0.2) is 18.2 Å².